The van der Waals surface area contributed by atoms with Crippen molar-refractivity contribution in [1.29, 1.82) is 5.41 Å². The first-order valence-electron chi connectivity index (χ1n) is 3.36. The highest BCUT2D eigenvalue weighted by Gasteiger charge is 1.93. The third-order valence-electron chi connectivity index (χ3n) is 1.48. The van der Waals surface area contributed by atoms with Crippen LogP contribution in [0.4, 0.5) is 5.69 Å². The molecule has 0 spiro atoms. The molecule has 0 aliphatic heterocycles. The van der Waals surface area contributed by atoms with Gasteiger partial charge >= 0.3 is 0 Å². The van der Waals surface area contributed by atoms with E-state index in [2.05, 4.69) is 5.32 Å². The van der Waals surface area contributed by atoms with Crippen molar-refractivity contribution in [2.75, 3.05) is 12.4 Å². The molecule has 0 saturated heterocycles. The lowest BCUT2D eigenvalue weighted by Crippen LogP contribution is -2.10. The van der Waals surface area contributed by atoms with Gasteiger partial charge in [0.25, 0.3) is 0 Å². The van der Waals surface area contributed by atoms with Gasteiger partial charge in [-0.3, -0.25) is 5.41 Å². The van der Waals surface area contributed by atoms with Crippen molar-refractivity contribution in [2.24, 2.45) is 5.73 Å². The van der Waals surface area contributed by atoms with E-state index >= 15 is 0 Å². The molecule has 4 N–H and O–H groups in total. The van der Waals surface area contributed by atoms with Gasteiger partial charge in [-0.1, -0.05) is 0 Å². The molecule has 0 fully saturated rings. The number of halogens is 1. The van der Waals surface area contributed by atoms with Crippen molar-refractivity contribution >= 4 is 23.9 Å². The Kier molecular flexibility index (Phi) is 4.15. The lowest BCUT2D eigenvalue weighted by Gasteiger charge is -2.00. The van der Waals surface area contributed by atoms with Gasteiger partial charge in [-0.05, 0) is 24.3 Å². The average Bonchev–Trinajstić information content (AvgIpc) is 2.05. The number of nitrogens with one attached hydrogen (secondary N) is 2. The normalized spacial score (nSPS) is 8.42. The summed E-state index contributed by atoms with van der Waals surface area (Å²) in [5.41, 5.74) is 7.05. The maximum absolute atomic E-state index is 7.12. The zero-order chi connectivity index (χ0) is 8.27. The van der Waals surface area contributed by atoms with Gasteiger partial charge in [0.05, 0.1) is 0 Å². The molecule has 1 rings (SSSR count). The smallest absolute Gasteiger partial charge is 0.122 e. The summed E-state index contributed by atoms with van der Waals surface area (Å²) < 4.78 is 0. The Morgan fingerprint density at radius 1 is 1.33 bits per heavy atom. The van der Waals surface area contributed by atoms with Gasteiger partial charge in [-0.25, -0.2) is 0 Å². The van der Waals surface area contributed by atoms with Gasteiger partial charge in [0.1, 0.15) is 5.84 Å². The molecule has 0 amide bonds. The first-order chi connectivity index (χ1) is 5.24. The summed E-state index contributed by atoms with van der Waals surface area (Å²) in [7, 11) is 1.85. The molecule has 1 aromatic rings. The molecule has 66 valence electrons. The highest BCUT2D eigenvalue weighted by Crippen LogP contribution is 2.07. The molecule has 0 unspecified atom stereocenters. The molecule has 0 saturated carbocycles. The fourth-order valence-corrected chi connectivity index (χ4v) is 0.816. The highest BCUT2D eigenvalue weighted by molar-refractivity contribution is 5.95. The van der Waals surface area contributed by atoms with Gasteiger partial charge in [-0.2, -0.15) is 0 Å². The van der Waals surface area contributed by atoms with Gasteiger partial charge in [0.15, 0.2) is 0 Å². The van der Waals surface area contributed by atoms with Crippen LogP contribution < -0.4 is 11.1 Å². The minimum absolute atomic E-state index is 0. The minimum atomic E-state index is 0. The lowest BCUT2D eigenvalue weighted by atomic mass is 10.2. The summed E-state index contributed by atoms with van der Waals surface area (Å²) in [5.74, 6) is 0.104. The van der Waals surface area contributed by atoms with E-state index in [1.54, 1.807) is 0 Å². The number of benzene rings is 1. The van der Waals surface area contributed by atoms with Gasteiger partial charge < -0.3 is 11.1 Å². The maximum Gasteiger partial charge on any atom is 0.122 e. The quantitative estimate of drug-likeness (QED) is 0.482. The minimum Gasteiger partial charge on any atom is -0.388 e. The van der Waals surface area contributed by atoms with E-state index in [0.717, 1.165) is 11.3 Å². The SMILES string of the molecule is CNc1ccc(C(=N)N)cc1.Cl. The fourth-order valence-electron chi connectivity index (χ4n) is 0.816. The first kappa shape index (κ1) is 10.8. The molecular formula is C8H12ClN3. The Balaban J connectivity index is 0.00000121. The fraction of sp³-hybridized carbons (Fsp3) is 0.125. The van der Waals surface area contributed by atoms with Crippen molar-refractivity contribution < 1.29 is 0 Å². The number of nitrogen functional groups attached to an aromatic ring is 1. The zero-order valence-corrected chi connectivity index (χ0v) is 7.61. The number of hydrogen-bond donors (Lipinski definition) is 3. The van der Waals surface area contributed by atoms with E-state index < -0.39 is 0 Å². The largest absolute Gasteiger partial charge is 0.388 e. The number of nitrogens with two attached hydrogens (primary N) is 1. The monoisotopic (exact) mass is 185 g/mol. The van der Waals surface area contributed by atoms with Crippen molar-refractivity contribution in [2.45, 2.75) is 0 Å². The van der Waals surface area contributed by atoms with Crippen molar-refractivity contribution in [3.05, 3.63) is 29.8 Å². The van der Waals surface area contributed by atoms with Crippen LogP contribution in [-0.2, 0) is 0 Å². The molecule has 0 atom stereocenters. The molecule has 12 heavy (non-hydrogen) atoms. The van der Waals surface area contributed by atoms with E-state index in [4.69, 9.17) is 11.1 Å². The molecule has 1 aromatic carbocycles. The van der Waals surface area contributed by atoms with Crippen LogP contribution in [0.3, 0.4) is 0 Å². The van der Waals surface area contributed by atoms with E-state index in [-0.39, 0.29) is 18.2 Å². The molecule has 4 heteroatoms. The second kappa shape index (κ2) is 4.62. The number of rotatable bonds is 2. The Bertz CT molecular complexity index is 256. The summed E-state index contributed by atoms with van der Waals surface area (Å²) >= 11 is 0. The summed E-state index contributed by atoms with van der Waals surface area (Å²) in [6.45, 7) is 0. The molecule has 0 aliphatic carbocycles. The van der Waals surface area contributed by atoms with E-state index in [1.165, 1.54) is 0 Å². The standard InChI is InChI=1S/C8H11N3.ClH/c1-11-7-4-2-6(3-5-7)8(9)10;/h2-5,11H,1H3,(H3,9,10);1H. The van der Waals surface area contributed by atoms with Gasteiger partial charge in [0.2, 0.25) is 0 Å². The van der Waals surface area contributed by atoms with Crippen LogP contribution in [0.5, 0.6) is 0 Å². The third-order valence-corrected chi connectivity index (χ3v) is 1.48. The second-order valence-electron chi connectivity index (χ2n) is 2.24. The van der Waals surface area contributed by atoms with Crippen LogP contribution in [0, 0.1) is 5.41 Å². The van der Waals surface area contributed by atoms with E-state index in [1.807, 2.05) is 31.3 Å². The first-order valence-corrected chi connectivity index (χ1v) is 3.36. The molecule has 0 aliphatic rings. The number of amidine groups is 1. The van der Waals surface area contributed by atoms with Crippen molar-refractivity contribution in [3.63, 3.8) is 0 Å². The van der Waals surface area contributed by atoms with Crippen LogP contribution in [0.25, 0.3) is 0 Å². The zero-order valence-electron chi connectivity index (χ0n) is 6.79. The van der Waals surface area contributed by atoms with E-state index in [0.29, 0.717) is 0 Å². The summed E-state index contributed by atoms with van der Waals surface area (Å²) in [6.07, 6.45) is 0. The Hall–Kier alpha value is -1.22. The predicted molar refractivity (Wildman–Crippen MR) is 54.3 cm³/mol. The van der Waals surface area contributed by atoms with Crippen molar-refractivity contribution in [3.8, 4) is 0 Å². The summed E-state index contributed by atoms with van der Waals surface area (Å²) in [5, 5.41) is 10.1. The second-order valence-corrected chi connectivity index (χ2v) is 2.24. The molecule has 0 aromatic heterocycles. The molecule has 0 heterocycles. The highest BCUT2D eigenvalue weighted by atomic mass is 35.5. The molecular weight excluding hydrogens is 174 g/mol. The van der Waals surface area contributed by atoms with Crippen LogP contribution in [0.1, 0.15) is 5.56 Å². The van der Waals surface area contributed by atoms with Gasteiger partial charge in [0, 0.05) is 18.3 Å². The number of anilines is 1. The third kappa shape index (κ3) is 2.43. The predicted octanol–water partition coefficient (Wildman–Crippen LogP) is 1.43. The van der Waals surface area contributed by atoms with Crippen LogP contribution in [0.2, 0.25) is 0 Å². The summed E-state index contributed by atoms with van der Waals surface area (Å²) in [6, 6.07) is 7.40. The molecule has 3 nitrogen and oxygen atoms in total. The lowest BCUT2D eigenvalue weighted by molar-refractivity contribution is 1.42. The maximum atomic E-state index is 7.12. The number of hydrogen-bond acceptors (Lipinski definition) is 2. The summed E-state index contributed by atoms with van der Waals surface area (Å²) in [4.78, 5) is 0. The average molecular weight is 186 g/mol. The van der Waals surface area contributed by atoms with Crippen molar-refractivity contribution in [1.82, 2.24) is 0 Å². The van der Waals surface area contributed by atoms with E-state index in [9.17, 15) is 0 Å². The Labute approximate surface area is 77.9 Å². The Morgan fingerprint density at radius 3 is 2.17 bits per heavy atom. The van der Waals surface area contributed by atoms with Crippen LogP contribution in [-0.4, -0.2) is 12.9 Å². The van der Waals surface area contributed by atoms with Crippen LogP contribution >= 0.6 is 12.4 Å². The molecule has 0 radical (unpaired) electrons. The Morgan fingerprint density at radius 2 is 1.83 bits per heavy atom. The topological polar surface area (TPSA) is 61.9 Å². The van der Waals surface area contributed by atoms with Crippen LogP contribution in [0.15, 0.2) is 24.3 Å². The van der Waals surface area contributed by atoms with Gasteiger partial charge in [-0.15, -0.1) is 12.4 Å². The molecule has 0 bridgehead atoms.